The van der Waals surface area contributed by atoms with Gasteiger partial charge in [-0.25, -0.2) is 4.98 Å². The molecule has 9 heteroatoms. The summed E-state index contributed by atoms with van der Waals surface area (Å²) in [6.45, 7) is 0.120. The number of nitrogens with one attached hydrogen (secondary N) is 1. The van der Waals surface area contributed by atoms with Crippen molar-refractivity contribution in [3.05, 3.63) is 57.3 Å². The van der Waals surface area contributed by atoms with E-state index < -0.39 is 17.6 Å². The van der Waals surface area contributed by atoms with Crippen molar-refractivity contribution < 1.29 is 18.0 Å². The Balaban J connectivity index is 1.69. The molecule has 4 nitrogen and oxygen atoms in total. The van der Waals surface area contributed by atoms with Crippen molar-refractivity contribution in [1.29, 1.82) is 0 Å². The Morgan fingerprint density at radius 1 is 1.30 bits per heavy atom. The fraction of sp³-hybridized carbons (Fsp3) is 0.143. The molecule has 3 rings (SSSR count). The van der Waals surface area contributed by atoms with Crippen LogP contribution in [-0.2, 0) is 12.7 Å². The summed E-state index contributed by atoms with van der Waals surface area (Å²) in [6.07, 6.45) is -2.58. The molecule has 0 aliphatic rings. The van der Waals surface area contributed by atoms with Gasteiger partial charge in [0.25, 0.3) is 5.91 Å². The second-order valence-electron chi connectivity index (χ2n) is 4.68. The van der Waals surface area contributed by atoms with E-state index in [2.05, 4.69) is 26.2 Å². The molecule has 0 radical (unpaired) electrons. The van der Waals surface area contributed by atoms with Crippen LogP contribution in [0.25, 0.3) is 4.96 Å². The summed E-state index contributed by atoms with van der Waals surface area (Å²) in [7, 11) is 0. The normalized spacial score (nSPS) is 11.8. The summed E-state index contributed by atoms with van der Waals surface area (Å²) in [5.41, 5.74) is 0.0944. The number of hydrogen-bond donors (Lipinski definition) is 1. The maximum atomic E-state index is 12.5. The number of alkyl halides is 3. The summed E-state index contributed by atoms with van der Waals surface area (Å²) < 4.78 is 39.7. The lowest BCUT2D eigenvalue weighted by molar-refractivity contribution is -0.137. The van der Waals surface area contributed by atoms with Crippen LogP contribution in [0.4, 0.5) is 13.2 Å². The van der Waals surface area contributed by atoms with E-state index in [4.69, 9.17) is 0 Å². The van der Waals surface area contributed by atoms with Crippen molar-refractivity contribution in [3.63, 3.8) is 0 Å². The van der Waals surface area contributed by atoms with Crippen LogP contribution in [0, 0.1) is 0 Å². The molecule has 23 heavy (non-hydrogen) atoms. The first-order valence-corrected chi connectivity index (χ1v) is 8.09. The number of imidazole rings is 1. The highest BCUT2D eigenvalue weighted by Crippen LogP contribution is 2.29. The van der Waals surface area contributed by atoms with E-state index in [9.17, 15) is 18.0 Å². The summed E-state index contributed by atoms with van der Waals surface area (Å²) in [6, 6.07) is 4.65. The Bertz CT molecular complexity index is 854. The number of aromatic nitrogens is 2. The Morgan fingerprint density at radius 2 is 2.00 bits per heavy atom. The van der Waals surface area contributed by atoms with Gasteiger partial charge in [0, 0.05) is 18.1 Å². The first-order chi connectivity index (χ1) is 10.9. The van der Waals surface area contributed by atoms with E-state index in [-0.39, 0.29) is 12.2 Å². The number of carbonyl (C=O) groups is 1. The van der Waals surface area contributed by atoms with E-state index in [1.165, 1.54) is 23.5 Å². The predicted molar refractivity (Wildman–Crippen MR) is 83.4 cm³/mol. The lowest BCUT2D eigenvalue weighted by Gasteiger charge is -2.08. The molecule has 1 aromatic carbocycles. The van der Waals surface area contributed by atoms with Gasteiger partial charge in [-0.3, -0.25) is 9.20 Å². The molecular formula is C14H9BrF3N3OS. The van der Waals surface area contributed by atoms with Crippen molar-refractivity contribution in [3.8, 4) is 0 Å². The summed E-state index contributed by atoms with van der Waals surface area (Å²) in [5.74, 6) is -0.396. The second kappa shape index (κ2) is 5.97. The van der Waals surface area contributed by atoms with E-state index in [1.54, 1.807) is 10.6 Å². The third-order valence-corrected chi connectivity index (χ3v) is 4.67. The number of halogens is 4. The number of fused-ring (bicyclic) bond motifs is 1. The van der Waals surface area contributed by atoms with Crippen molar-refractivity contribution in [2.24, 2.45) is 0 Å². The highest BCUT2D eigenvalue weighted by molar-refractivity contribution is 9.10. The molecule has 2 aromatic heterocycles. The number of rotatable bonds is 3. The first-order valence-electron chi connectivity index (χ1n) is 6.41. The van der Waals surface area contributed by atoms with Crippen LogP contribution in [0.3, 0.4) is 0 Å². The van der Waals surface area contributed by atoms with Crippen molar-refractivity contribution >= 4 is 38.1 Å². The molecule has 1 N–H and O–H groups in total. The van der Waals surface area contributed by atoms with Gasteiger partial charge in [0.15, 0.2) is 10.7 Å². The molecule has 0 bridgehead atoms. The van der Waals surface area contributed by atoms with Gasteiger partial charge in [-0.15, -0.1) is 11.3 Å². The standard InChI is InChI=1S/C14H9BrF3N3OS/c15-11-10(20-13-21(11)5-6-23-13)12(22)19-7-8-1-3-9(4-2-8)14(16,17)18/h1-6H,7H2,(H,19,22). The minimum atomic E-state index is -4.37. The molecule has 0 saturated heterocycles. The maximum absolute atomic E-state index is 12.5. The minimum absolute atomic E-state index is 0.120. The van der Waals surface area contributed by atoms with Crippen molar-refractivity contribution in [1.82, 2.24) is 14.7 Å². The third kappa shape index (κ3) is 3.25. The highest BCUT2D eigenvalue weighted by atomic mass is 79.9. The molecule has 0 saturated carbocycles. The first kappa shape index (κ1) is 16.0. The van der Waals surface area contributed by atoms with E-state index in [1.807, 2.05) is 5.38 Å². The second-order valence-corrected chi connectivity index (χ2v) is 6.31. The Kier molecular flexibility index (Phi) is 4.15. The number of nitrogens with zero attached hydrogens (tertiary/aromatic N) is 2. The zero-order valence-corrected chi connectivity index (χ0v) is 13.8. The van der Waals surface area contributed by atoms with Gasteiger partial charge < -0.3 is 5.32 Å². The molecule has 2 heterocycles. The number of thiazole rings is 1. The molecule has 0 unspecified atom stereocenters. The highest BCUT2D eigenvalue weighted by Gasteiger charge is 2.29. The number of carbonyl (C=O) groups excluding carboxylic acids is 1. The van der Waals surface area contributed by atoms with Crippen LogP contribution in [-0.4, -0.2) is 15.3 Å². The van der Waals surface area contributed by atoms with Gasteiger partial charge in [-0.1, -0.05) is 12.1 Å². The Morgan fingerprint density at radius 3 is 2.61 bits per heavy atom. The zero-order valence-electron chi connectivity index (χ0n) is 11.4. The molecule has 0 aliphatic carbocycles. The van der Waals surface area contributed by atoms with E-state index in [0.717, 1.165) is 12.1 Å². The lowest BCUT2D eigenvalue weighted by Crippen LogP contribution is -2.23. The van der Waals surface area contributed by atoms with E-state index in [0.29, 0.717) is 15.1 Å². The molecule has 120 valence electrons. The van der Waals surface area contributed by atoms with Crippen molar-refractivity contribution in [2.45, 2.75) is 12.7 Å². The largest absolute Gasteiger partial charge is 0.416 e. The SMILES string of the molecule is O=C(NCc1ccc(C(F)(F)F)cc1)c1nc2sccn2c1Br. The molecular weight excluding hydrogens is 395 g/mol. The topological polar surface area (TPSA) is 46.4 Å². The van der Waals surface area contributed by atoms with Crippen LogP contribution in [0.1, 0.15) is 21.6 Å². The van der Waals surface area contributed by atoms with Crippen LogP contribution >= 0.6 is 27.3 Å². The Labute approximate surface area is 141 Å². The molecule has 1 amide bonds. The monoisotopic (exact) mass is 403 g/mol. The third-order valence-electron chi connectivity index (χ3n) is 3.15. The molecule has 0 aliphatic heterocycles. The summed E-state index contributed by atoms with van der Waals surface area (Å²) in [4.78, 5) is 17.0. The smallest absolute Gasteiger partial charge is 0.347 e. The van der Waals surface area contributed by atoms with Gasteiger partial charge in [0.1, 0.15) is 4.60 Å². The molecule has 0 atom stereocenters. The molecule has 0 fully saturated rings. The fourth-order valence-electron chi connectivity index (χ4n) is 1.98. The average Bonchev–Trinajstić information content (AvgIpc) is 3.08. The number of benzene rings is 1. The lowest BCUT2D eigenvalue weighted by atomic mass is 10.1. The predicted octanol–water partition coefficient (Wildman–Crippen LogP) is 4.11. The van der Waals surface area contributed by atoms with Crippen LogP contribution in [0.2, 0.25) is 0 Å². The van der Waals surface area contributed by atoms with Gasteiger partial charge in [-0.05, 0) is 33.6 Å². The van der Waals surface area contributed by atoms with Crippen LogP contribution in [0.15, 0.2) is 40.4 Å². The molecule has 0 spiro atoms. The van der Waals surface area contributed by atoms with Gasteiger partial charge in [0.05, 0.1) is 5.56 Å². The van der Waals surface area contributed by atoms with Crippen molar-refractivity contribution in [2.75, 3.05) is 0 Å². The number of amides is 1. The van der Waals surface area contributed by atoms with E-state index >= 15 is 0 Å². The van der Waals surface area contributed by atoms with Crippen LogP contribution < -0.4 is 5.32 Å². The van der Waals surface area contributed by atoms with Crippen LogP contribution in [0.5, 0.6) is 0 Å². The molecule has 3 aromatic rings. The Hall–Kier alpha value is -1.87. The minimum Gasteiger partial charge on any atom is -0.347 e. The number of hydrogen-bond acceptors (Lipinski definition) is 3. The zero-order chi connectivity index (χ0) is 16.6. The average molecular weight is 404 g/mol. The summed E-state index contributed by atoms with van der Waals surface area (Å²) >= 11 is 4.70. The fourth-order valence-corrected chi connectivity index (χ4v) is 3.37. The van der Waals surface area contributed by atoms with Gasteiger partial charge >= 0.3 is 6.18 Å². The van der Waals surface area contributed by atoms with Gasteiger partial charge in [-0.2, -0.15) is 13.2 Å². The maximum Gasteiger partial charge on any atom is 0.416 e. The quantitative estimate of drug-likeness (QED) is 0.715. The van der Waals surface area contributed by atoms with Gasteiger partial charge in [0.2, 0.25) is 0 Å². The summed E-state index contributed by atoms with van der Waals surface area (Å²) in [5, 5.41) is 4.49.